The predicted octanol–water partition coefficient (Wildman–Crippen LogP) is 2.82. The van der Waals surface area contributed by atoms with Crippen LogP contribution in [-0.2, 0) is 9.59 Å². The summed E-state index contributed by atoms with van der Waals surface area (Å²) < 4.78 is 5.70. The van der Waals surface area contributed by atoms with Gasteiger partial charge in [0, 0.05) is 37.6 Å². The molecule has 132 valence electrons. The monoisotopic (exact) mass is 352 g/mol. The third kappa shape index (κ3) is 5.13. The zero-order chi connectivity index (χ0) is 17.7. The van der Waals surface area contributed by atoms with Crippen molar-refractivity contribution in [2.24, 2.45) is 5.92 Å². The molecule has 0 aromatic heterocycles. The second-order valence-corrected chi connectivity index (χ2v) is 6.96. The van der Waals surface area contributed by atoms with Crippen LogP contribution < -0.4 is 4.74 Å². The number of amides is 2. The Bertz CT molecular complexity index is 591. The van der Waals surface area contributed by atoms with Gasteiger partial charge in [0.2, 0.25) is 5.91 Å². The largest absolute Gasteiger partial charge is 0.481 e. The van der Waals surface area contributed by atoms with E-state index in [1.54, 1.807) is 36.1 Å². The lowest BCUT2D eigenvalue weighted by Gasteiger charge is -2.25. The third-order valence-electron chi connectivity index (χ3n) is 3.94. The minimum atomic E-state index is -0.616. The van der Waals surface area contributed by atoms with Crippen molar-refractivity contribution >= 4 is 23.4 Å². The maximum absolute atomic E-state index is 12.6. The fourth-order valence-corrected chi connectivity index (χ4v) is 2.95. The summed E-state index contributed by atoms with van der Waals surface area (Å²) in [5, 5.41) is 0.567. The van der Waals surface area contributed by atoms with Crippen LogP contribution in [0.5, 0.6) is 5.75 Å². The Morgan fingerprint density at radius 2 is 2.00 bits per heavy atom. The van der Waals surface area contributed by atoms with Crippen LogP contribution in [0.25, 0.3) is 0 Å². The van der Waals surface area contributed by atoms with E-state index in [0.29, 0.717) is 42.7 Å². The quantitative estimate of drug-likeness (QED) is 0.818. The molecule has 1 saturated heterocycles. The van der Waals surface area contributed by atoms with Gasteiger partial charge in [-0.25, -0.2) is 0 Å². The van der Waals surface area contributed by atoms with Gasteiger partial charge in [0.25, 0.3) is 5.91 Å². The highest BCUT2D eigenvalue weighted by Crippen LogP contribution is 2.19. The first kappa shape index (κ1) is 18.6. The lowest BCUT2D eigenvalue weighted by atomic mass is 10.2. The molecule has 6 heteroatoms. The van der Waals surface area contributed by atoms with Crippen molar-refractivity contribution in [3.63, 3.8) is 0 Å². The fourth-order valence-electron chi connectivity index (χ4n) is 2.77. The molecule has 2 amide bonds. The van der Waals surface area contributed by atoms with E-state index < -0.39 is 6.10 Å². The Hall–Kier alpha value is -1.75. The van der Waals surface area contributed by atoms with Crippen LogP contribution in [0.4, 0.5) is 0 Å². The smallest absolute Gasteiger partial charge is 0.263 e. The molecule has 0 N–H and O–H groups in total. The van der Waals surface area contributed by atoms with Crippen molar-refractivity contribution in [2.45, 2.75) is 33.3 Å². The number of nitrogens with zero attached hydrogens (tertiary/aromatic N) is 2. The van der Waals surface area contributed by atoms with Crippen LogP contribution in [0.15, 0.2) is 24.3 Å². The van der Waals surface area contributed by atoms with Gasteiger partial charge < -0.3 is 14.5 Å². The van der Waals surface area contributed by atoms with Crippen LogP contribution in [0.1, 0.15) is 27.2 Å². The van der Waals surface area contributed by atoms with E-state index in [-0.39, 0.29) is 11.8 Å². The molecular weight excluding hydrogens is 328 g/mol. The molecule has 1 aromatic rings. The lowest BCUT2D eigenvalue weighted by Crippen LogP contribution is -2.42. The summed E-state index contributed by atoms with van der Waals surface area (Å²) in [6.07, 6.45) is -0.252. The van der Waals surface area contributed by atoms with Crippen molar-refractivity contribution in [1.82, 2.24) is 9.80 Å². The van der Waals surface area contributed by atoms with Crippen LogP contribution >= 0.6 is 11.6 Å². The molecule has 0 unspecified atom stereocenters. The van der Waals surface area contributed by atoms with E-state index >= 15 is 0 Å². The molecule has 0 aliphatic carbocycles. The number of benzene rings is 1. The second-order valence-electron chi connectivity index (χ2n) is 6.53. The second kappa shape index (κ2) is 8.38. The summed E-state index contributed by atoms with van der Waals surface area (Å²) in [5.41, 5.74) is 0. The van der Waals surface area contributed by atoms with Crippen molar-refractivity contribution in [3.8, 4) is 5.75 Å². The van der Waals surface area contributed by atoms with Crippen LogP contribution in [-0.4, -0.2) is 53.9 Å². The number of carbonyl (C=O) groups excluding carboxylic acids is 2. The number of carbonyl (C=O) groups is 2. The van der Waals surface area contributed by atoms with Crippen LogP contribution in [0, 0.1) is 5.92 Å². The van der Waals surface area contributed by atoms with Crippen LogP contribution in [0.2, 0.25) is 5.02 Å². The topological polar surface area (TPSA) is 49.9 Å². The molecule has 0 bridgehead atoms. The van der Waals surface area contributed by atoms with E-state index in [1.807, 2.05) is 4.90 Å². The summed E-state index contributed by atoms with van der Waals surface area (Å²) in [5.74, 6) is 0.994. The highest BCUT2D eigenvalue weighted by molar-refractivity contribution is 6.30. The first-order valence-corrected chi connectivity index (χ1v) is 8.73. The first-order valence-electron chi connectivity index (χ1n) is 8.35. The summed E-state index contributed by atoms with van der Waals surface area (Å²) in [6.45, 7) is 8.18. The average molecular weight is 353 g/mol. The number of halogens is 1. The summed E-state index contributed by atoms with van der Waals surface area (Å²) in [6, 6.07) is 6.99. The van der Waals surface area contributed by atoms with Crippen LogP contribution in [0.3, 0.4) is 0 Å². The molecular formula is C18H25ClN2O3. The molecule has 2 rings (SSSR count). The fraction of sp³-hybridized carbons (Fsp3) is 0.556. The Balaban J connectivity index is 1.95. The summed E-state index contributed by atoms with van der Waals surface area (Å²) in [7, 11) is 0. The van der Waals surface area contributed by atoms with Gasteiger partial charge in [-0.1, -0.05) is 31.5 Å². The minimum absolute atomic E-state index is 0.103. The number of ether oxygens (including phenoxy) is 1. The molecule has 1 aromatic carbocycles. The molecule has 0 radical (unpaired) electrons. The molecule has 5 nitrogen and oxygen atoms in total. The van der Waals surface area contributed by atoms with Gasteiger partial charge in [-0.3, -0.25) is 9.59 Å². The van der Waals surface area contributed by atoms with Crippen molar-refractivity contribution in [2.75, 3.05) is 26.2 Å². The Morgan fingerprint density at radius 1 is 1.25 bits per heavy atom. The highest BCUT2D eigenvalue weighted by atomic mass is 35.5. The van der Waals surface area contributed by atoms with Gasteiger partial charge in [-0.15, -0.1) is 0 Å². The Morgan fingerprint density at radius 3 is 2.67 bits per heavy atom. The maximum atomic E-state index is 12.6. The molecule has 0 saturated carbocycles. The van der Waals surface area contributed by atoms with Gasteiger partial charge in [-0.05, 0) is 31.0 Å². The molecule has 1 aliphatic rings. The maximum Gasteiger partial charge on any atom is 0.263 e. The number of hydrogen-bond acceptors (Lipinski definition) is 3. The number of hydrogen-bond donors (Lipinski definition) is 0. The van der Waals surface area contributed by atoms with Crippen molar-refractivity contribution in [3.05, 3.63) is 29.3 Å². The van der Waals surface area contributed by atoms with E-state index in [2.05, 4.69) is 13.8 Å². The molecule has 1 aliphatic heterocycles. The Kier molecular flexibility index (Phi) is 6.49. The third-order valence-corrected chi connectivity index (χ3v) is 4.18. The van der Waals surface area contributed by atoms with E-state index in [9.17, 15) is 9.59 Å². The summed E-state index contributed by atoms with van der Waals surface area (Å²) >= 11 is 5.93. The Labute approximate surface area is 148 Å². The van der Waals surface area contributed by atoms with E-state index in [4.69, 9.17) is 16.3 Å². The van der Waals surface area contributed by atoms with E-state index in [1.165, 1.54) is 0 Å². The highest BCUT2D eigenvalue weighted by Gasteiger charge is 2.27. The van der Waals surface area contributed by atoms with Gasteiger partial charge in [-0.2, -0.15) is 0 Å². The standard InChI is InChI=1S/C18H25ClN2O3/c1-13(2)12-21-10-9-20(8-7-17(21)22)18(23)14(3)24-16-6-4-5-15(19)11-16/h4-6,11,13-14H,7-10,12H2,1-3H3/t14-/m1/s1. The van der Waals surface area contributed by atoms with Gasteiger partial charge in [0.05, 0.1) is 0 Å². The van der Waals surface area contributed by atoms with Gasteiger partial charge in [0.15, 0.2) is 6.10 Å². The number of rotatable bonds is 5. The zero-order valence-corrected chi connectivity index (χ0v) is 15.3. The van der Waals surface area contributed by atoms with Crippen molar-refractivity contribution < 1.29 is 14.3 Å². The molecule has 1 heterocycles. The van der Waals surface area contributed by atoms with Gasteiger partial charge in [0.1, 0.15) is 5.75 Å². The molecule has 24 heavy (non-hydrogen) atoms. The average Bonchev–Trinajstić information content (AvgIpc) is 2.69. The zero-order valence-electron chi connectivity index (χ0n) is 14.5. The first-order chi connectivity index (χ1) is 11.4. The van der Waals surface area contributed by atoms with Gasteiger partial charge >= 0.3 is 0 Å². The van der Waals surface area contributed by atoms with E-state index in [0.717, 1.165) is 6.54 Å². The SMILES string of the molecule is CC(C)CN1CCN(C(=O)[C@@H](C)Oc2cccc(Cl)c2)CCC1=O. The molecule has 0 spiro atoms. The lowest BCUT2D eigenvalue weighted by molar-refractivity contribution is -0.137. The predicted molar refractivity (Wildman–Crippen MR) is 94.2 cm³/mol. The molecule has 1 fully saturated rings. The minimum Gasteiger partial charge on any atom is -0.481 e. The normalized spacial score (nSPS) is 17.0. The summed E-state index contributed by atoms with van der Waals surface area (Å²) in [4.78, 5) is 28.3. The molecule has 1 atom stereocenters. The van der Waals surface area contributed by atoms with Crippen molar-refractivity contribution in [1.29, 1.82) is 0 Å².